The molecule has 0 fully saturated rings. The minimum Gasteiger partial charge on any atom is -0.419 e. The highest BCUT2D eigenvalue weighted by molar-refractivity contribution is 7.99. The summed E-state index contributed by atoms with van der Waals surface area (Å²) in [4.78, 5) is 8.69. The van der Waals surface area contributed by atoms with Gasteiger partial charge in [-0.2, -0.15) is 0 Å². The smallest absolute Gasteiger partial charge is 0.247 e. The van der Waals surface area contributed by atoms with Gasteiger partial charge in [0.15, 0.2) is 0 Å². The zero-order valence-corrected chi connectivity index (χ0v) is 13.8. The molecule has 0 spiro atoms. The number of rotatable bonds is 4. The number of hydrogen-bond donors (Lipinski definition) is 0. The predicted molar refractivity (Wildman–Crippen MR) is 93.5 cm³/mol. The second kappa shape index (κ2) is 6.41. The summed E-state index contributed by atoms with van der Waals surface area (Å²) in [6, 6.07) is 17.7. The van der Waals surface area contributed by atoms with Gasteiger partial charge in [-0.1, -0.05) is 48.2 Å². The van der Waals surface area contributed by atoms with Crippen LogP contribution in [0.3, 0.4) is 0 Å². The van der Waals surface area contributed by atoms with E-state index < -0.39 is 0 Å². The molecule has 6 heteroatoms. The van der Waals surface area contributed by atoms with E-state index in [1.165, 1.54) is 0 Å². The van der Waals surface area contributed by atoms with E-state index in [1.54, 1.807) is 18.1 Å². The highest BCUT2D eigenvalue weighted by Crippen LogP contribution is 2.36. The van der Waals surface area contributed by atoms with Crippen LogP contribution in [0.25, 0.3) is 22.4 Å². The number of fused-ring (bicyclic) bond motifs is 1. The van der Waals surface area contributed by atoms with Crippen LogP contribution in [0.2, 0.25) is 0 Å². The molecular formula is C18H14N4OS. The summed E-state index contributed by atoms with van der Waals surface area (Å²) < 4.78 is 5.83. The highest BCUT2D eigenvalue weighted by Gasteiger charge is 2.18. The van der Waals surface area contributed by atoms with Crippen molar-refractivity contribution in [2.45, 2.75) is 17.2 Å². The summed E-state index contributed by atoms with van der Waals surface area (Å²) in [5.74, 6) is 1.12. The summed E-state index contributed by atoms with van der Waals surface area (Å²) in [5, 5.41) is 10.3. The molecule has 4 aromatic rings. The van der Waals surface area contributed by atoms with Crippen LogP contribution in [-0.4, -0.2) is 20.2 Å². The maximum atomic E-state index is 5.83. The standard InChI is InChI=1S/C18H14N4OS/c1-12(16-21-22-17(23-16)13-7-3-2-4-8-13)24-18-14-9-5-6-10-15(14)19-11-20-18/h2-12H,1H3/t12-/m1/s1. The van der Waals surface area contributed by atoms with Crippen molar-refractivity contribution in [3.05, 3.63) is 66.8 Å². The monoisotopic (exact) mass is 334 g/mol. The molecule has 0 saturated heterocycles. The van der Waals surface area contributed by atoms with Crippen molar-refractivity contribution in [1.29, 1.82) is 0 Å². The van der Waals surface area contributed by atoms with Crippen LogP contribution in [0.4, 0.5) is 0 Å². The minimum absolute atomic E-state index is 0.00623. The Kier molecular flexibility index (Phi) is 3.96. The van der Waals surface area contributed by atoms with E-state index in [9.17, 15) is 0 Å². The van der Waals surface area contributed by atoms with Crippen molar-refractivity contribution in [3.8, 4) is 11.5 Å². The van der Waals surface area contributed by atoms with Gasteiger partial charge in [-0.25, -0.2) is 9.97 Å². The third-order valence-electron chi connectivity index (χ3n) is 3.60. The summed E-state index contributed by atoms with van der Waals surface area (Å²) >= 11 is 1.59. The van der Waals surface area contributed by atoms with Gasteiger partial charge in [-0.15, -0.1) is 10.2 Å². The van der Waals surface area contributed by atoms with E-state index in [4.69, 9.17) is 4.42 Å². The number of nitrogens with zero attached hydrogens (tertiary/aromatic N) is 4. The van der Waals surface area contributed by atoms with Crippen LogP contribution in [0, 0.1) is 0 Å². The lowest BCUT2D eigenvalue weighted by Crippen LogP contribution is -1.92. The van der Waals surface area contributed by atoms with Gasteiger partial charge < -0.3 is 4.42 Å². The van der Waals surface area contributed by atoms with Crippen molar-refractivity contribution in [2.24, 2.45) is 0 Å². The van der Waals surface area contributed by atoms with Crippen LogP contribution < -0.4 is 0 Å². The fraction of sp³-hybridized carbons (Fsp3) is 0.111. The summed E-state index contributed by atoms with van der Waals surface area (Å²) in [6.07, 6.45) is 1.58. The maximum Gasteiger partial charge on any atom is 0.247 e. The van der Waals surface area contributed by atoms with E-state index in [0.29, 0.717) is 11.8 Å². The second-order valence-electron chi connectivity index (χ2n) is 5.27. The molecule has 0 amide bonds. The average Bonchev–Trinajstić information content (AvgIpc) is 3.13. The first kappa shape index (κ1) is 14.8. The first-order chi connectivity index (χ1) is 11.8. The Labute approximate surface area is 143 Å². The third-order valence-corrected chi connectivity index (χ3v) is 4.71. The van der Waals surface area contributed by atoms with E-state index >= 15 is 0 Å². The lowest BCUT2D eigenvalue weighted by atomic mass is 10.2. The molecule has 0 radical (unpaired) electrons. The Morgan fingerprint density at radius 1 is 0.917 bits per heavy atom. The van der Waals surface area contributed by atoms with Crippen molar-refractivity contribution in [3.63, 3.8) is 0 Å². The van der Waals surface area contributed by atoms with Gasteiger partial charge in [0.05, 0.1) is 10.8 Å². The quantitative estimate of drug-likeness (QED) is 0.403. The molecule has 2 heterocycles. The SMILES string of the molecule is C[C@@H](Sc1ncnc2ccccc12)c1nnc(-c2ccccc2)o1. The molecule has 4 rings (SSSR count). The molecule has 5 nitrogen and oxygen atoms in total. The van der Waals surface area contributed by atoms with E-state index in [1.807, 2.05) is 61.5 Å². The van der Waals surface area contributed by atoms with Gasteiger partial charge in [0.2, 0.25) is 11.8 Å². The normalized spacial score (nSPS) is 12.4. The molecule has 24 heavy (non-hydrogen) atoms. The Bertz CT molecular complexity index is 966. The number of aromatic nitrogens is 4. The molecule has 0 unspecified atom stereocenters. The zero-order chi connectivity index (χ0) is 16.4. The average molecular weight is 334 g/mol. The Morgan fingerprint density at radius 2 is 1.71 bits per heavy atom. The molecule has 2 aromatic heterocycles. The van der Waals surface area contributed by atoms with Crippen molar-refractivity contribution in [1.82, 2.24) is 20.2 Å². The number of thioether (sulfide) groups is 1. The lowest BCUT2D eigenvalue weighted by molar-refractivity contribution is 0.509. The van der Waals surface area contributed by atoms with Crippen molar-refractivity contribution >= 4 is 22.7 Å². The second-order valence-corrected chi connectivity index (χ2v) is 6.60. The number of hydrogen-bond acceptors (Lipinski definition) is 6. The Balaban J connectivity index is 1.60. The van der Waals surface area contributed by atoms with Gasteiger partial charge in [-0.05, 0) is 25.1 Å². The molecule has 0 aliphatic heterocycles. The first-order valence-electron chi connectivity index (χ1n) is 7.56. The van der Waals surface area contributed by atoms with Gasteiger partial charge in [-0.3, -0.25) is 0 Å². The number of benzene rings is 2. The van der Waals surface area contributed by atoms with E-state index in [2.05, 4.69) is 20.2 Å². The van der Waals surface area contributed by atoms with Crippen molar-refractivity contribution < 1.29 is 4.42 Å². The fourth-order valence-corrected chi connectivity index (χ4v) is 3.33. The topological polar surface area (TPSA) is 64.7 Å². The maximum absolute atomic E-state index is 5.83. The molecule has 118 valence electrons. The summed E-state index contributed by atoms with van der Waals surface area (Å²) in [5.41, 5.74) is 1.85. The van der Waals surface area contributed by atoms with E-state index in [-0.39, 0.29) is 5.25 Å². The number of para-hydroxylation sites is 1. The molecule has 1 atom stereocenters. The van der Waals surface area contributed by atoms with Crippen molar-refractivity contribution in [2.75, 3.05) is 0 Å². The Hall–Kier alpha value is -2.73. The highest BCUT2D eigenvalue weighted by atomic mass is 32.2. The molecule has 2 aromatic carbocycles. The van der Waals surface area contributed by atoms with E-state index in [0.717, 1.165) is 21.5 Å². The summed E-state index contributed by atoms with van der Waals surface area (Å²) in [6.45, 7) is 2.03. The molecule has 0 aliphatic rings. The van der Waals surface area contributed by atoms with Crippen LogP contribution >= 0.6 is 11.8 Å². The summed E-state index contributed by atoms with van der Waals surface area (Å²) in [7, 11) is 0. The first-order valence-corrected chi connectivity index (χ1v) is 8.44. The van der Waals surface area contributed by atoms with Crippen LogP contribution in [0.5, 0.6) is 0 Å². The van der Waals surface area contributed by atoms with Crippen LogP contribution in [-0.2, 0) is 0 Å². The van der Waals surface area contributed by atoms with Crippen LogP contribution in [0.15, 0.2) is 70.4 Å². The van der Waals surface area contributed by atoms with Gasteiger partial charge in [0, 0.05) is 10.9 Å². The van der Waals surface area contributed by atoms with Crippen LogP contribution in [0.1, 0.15) is 18.1 Å². The van der Waals surface area contributed by atoms with Gasteiger partial charge in [0.25, 0.3) is 0 Å². The molecule has 0 saturated carbocycles. The third kappa shape index (κ3) is 2.88. The minimum atomic E-state index is -0.00623. The lowest BCUT2D eigenvalue weighted by Gasteiger charge is -2.08. The Morgan fingerprint density at radius 3 is 2.58 bits per heavy atom. The molecule has 0 bridgehead atoms. The zero-order valence-electron chi connectivity index (χ0n) is 13.0. The predicted octanol–water partition coefficient (Wildman–Crippen LogP) is 4.53. The molecule has 0 N–H and O–H groups in total. The largest absolute Gasteiger partial charge is 0.419 e. The molecular weight excluding hydrogens is 320 g/mol. The fourth-order valence-electron chi connectivity index (χ4n) is 2.39. The van der Waals surface area contributed by atoms with Gasteiger partial charge >= 0.3 is 0 Å². The van der Waals surface area contributed by atoms with Gasteiger partial charge in [0.1, 0.15) is 11.4 Å². The molecule has 0 aliphatic carbocycles.